The summed E-state index contributed by atoms with van der Waals surface area (Å²) in [5, 5.41) is 28.0. The van der Waals surface area contributed by atoms with E-state index in [9.17, 15) is 5.11 Å². The second-order valence-corrected chi connectivity index (χ2v) is 5.89. The second kappa shape index (κ2) is 6.69. The molecule has 116 valence electrons. The number of aliphatic hydroxyl groups excluding tert-OH is 1. The topological polar surface area (TPSA) is 87.9 Å². The van der Waals surface area contributed by atoms with Crippen molar-refractivity contribution in [3.63, 3.8) is 0 Å². The van der Waals surface area contributed by atoms with Gasteiger partial charge in [0.1, 0.15) is 0 Å². The van der Waals surface area contributed by atoms with Gasteiger partial charge in [-0.25, -0.2) is 0 Å². The van der Waals surface area contributed by atoms with Crippen LogP contribution in [0.5, 0.6) is 0 Å². The lowest BCUT2D eigenvalue weighted by atomic mass is 10.1. The lowest BCUT2D eigenvalue weighted by molar-refractivity contribution is 0.204. The number of aliphatic hydroxyl groups is 1. The van der Waals surface area contributed by atoms with E-state index >= 15 is 0 Å². The van der Waals surface area contributed by atoms with E-state index in [1.165, 1.54) is 11.8 Å². The average Bonchev–Trinajstić information content (AvgIpc) is 3.22. The van der Waals surface area contributed by atoms with Gasteiger partial charge in [-0.1, -0.05) is 23.9 Å². The molecule has 0 fully saturated rings. The highest BCUT2D eigenvalue weighted by molar-refractivity contribution is 7.99. The van der Waals surface area contributed by atoms with Crippen LogP contribution in [0.3, 0.4) is 0 Å². The van der Waals surface area contributed by atoms with Crippen LogP contribution in [-0.4, -0.2) is 25.6 Å². The van der Waals surface area contributed by atoms with Crippen molar-refractivity contribution < 1.29 is 9.52 Å². The molecule has 6 nitrogen and oxygen atoms in total. The van der Waals surface area contributed by atoms with Crippen molar-refractivity contribution in [3.05, 3.63) is 53.8 Å². The van der Waals surface area contributed by atoms with Crippen LogP contribution in [0.4, 0.5) is 0 Å². The second-order valence-electron chi connectivity index (χ2n) is 4.90. The number of hydrogen-bond donors (Lipinski definition) is 1. The zero-order chi connectivity index (χ0) is 16.2. The van der Waals surface area contributed by atoms with Crippen molar-refractivity contribution in [2.45, 2.75) is 11.3 Å². The summed E-state index contributed by atoms with van der Waals surface area (Å²) in [5.41, 5.74) is 1.34. The predicted molar refractivity (Wildman–Crippen MR) is 85.5 cm³/mol. The summed E-state index contributed by atoms with van der Waals surface area (Å²) in [6.45, 7) is 0. The number of hydrogen-bond acceptors (Lipinski definition) is 6. The number of nitriles is 1. The highest BCUT2D eigenvalue weighted by Gasteiger charge is 2.15. The Labute approximate surface area is 137 Å². The Morgan fingerprint density at radius 1 is 1.30 bits per heavy atom. The van der Waals surface area contributed by atoms with Gasteiger partial charge in [0, 0.05) is 12.8 Å². The molecule has 0 amide bonds. The van der Waals surface area contributed by atoms with E-state index in [1.54, 1.807) is 36.6 Å². The number of nitrogens with zero attached hydrogens (tertiary/aromatic N) is 4. The van der Waals surface area contributed by atoms with Crippen LogP contribution in [0.15, 0.2) is 52.2 Å². The molecule has 1 aromatic carbocycles. The molecule has 0 bridgehead atoms. The Kier molecular flexibility index (Phi) is 4.46. The number of aromatic nitrogens is 3. The molecule has 3 aromatic rings. The van der Waals surface area contributed by atoms with Gasteiger partial charge in [0.25, 0.3) is 0 Å². The molecular formula is C16H14N4O2S. The molecule has 0 saturated heterocycles. The molecule has 1 unspecified atom stereocenters. The minimum absolute atomic E-state index is 0.441. The number of furan rings is 1. The standard InChI is InChI=1S/C16H14N4O2S/c1-20-15(14-3-2-8-22-14)18-19-16(20)23-10-13(21)12-6-4-11(9-17)5-7-12/h2-8,13,21H,10H2,1H3. The first-order chi connectivity index (χ1) is 11.2. The molecule has 7 heteroatoms. The molecule has 1 N–H and O–H groups in total. The van der Waals surface area contributed by atoms with Crippen LogP contribution in [0.25, 0.3) is 11.6 Å². The van der Waals surface area contributed by atoms with E-state index in [-0.39, 0.29) is 0 Å². The lowest BCUT2D eigenvalue weighted by Crippen LogP contribution is -2.02. The minimum Gasteiger partial charge on any atom is -0.461 e. The first-order valence-electron chi connectivity index (χ1n) is 6.93. The largest absolute Gasteiger partial charge is 0.461 e. The summed E-state index contributed by atoms with van der Waals surface area (Å²) in [7, 11) is 1.86. The Bertz CT molecular complexity index is 819. The Hall–Kier alpha value is -2.56. The number of benzene rings is 1. The van der Waals surface area contributed by atoms with Crippen LogP contribution in [0, 0.1) is 11.3 Å². The zero-order valence-corrected chi connectivity index (χ0v) is 13.2. The fraction of sp³-hybridized carbons (Fsp3) is 0.188. The smallest absolute Gasteiger partial charge is 0.200 e. The van der Waals surface area contributed by atoms with Gasteiger partial charge in [-0.05, 0) is 29.8 Å². The summed E-state index contributed by atoms with van der Waals surface area (Å²) in [4.78, 5) is 0. The summed E-state index contributed by atoms with van der Waals surface area (Å²) >= 11 is 1.41. The molecule has 2 heterocycles. The first kappa shape index (κ1) is 15.3. The molecule has 23 heavy (non-hydrogen) atoms. The fourth-order valence-electron chi connectivity index (χ4n) is 2.09. The van der Waals surface area contributed by atoms with E-state index in [0.717, 1.165) is 5.56 Å². The predicted octanol–water partition coefficient (Wildman–Crippen LogP) is 2.77. The minimum atomic E-state index is -0.642. The summed E-state index contributed by atoms with van der Waals surface area (Å²) < 4.78 is 7.15. The van der Waals surface area contributed by atoms with Crippen molar-refractivity contribution in [2.75, 3.05) is 5.75 Å². The Balaban J connectivity index is 1.67. The third kappa shape index (κ3) is 3.28. The van der Waals surface area contributed by atoms with Crippen LogP contribution in [0.1, 0.15) is 17.2 Å². The van der Waals surface area contributed by atoms with E-state index < -0.39 is 6.10 Å². The van der Waals surface area contributed by atoms with Crippen molar-refractivity contribution in [2.24, 2.45) is 7.05 Å². The van der Waals surface area contributed by atoms with Crippen LogP contribution in [0.2, 0.25) is 0 Å². The van der Waals surface area contributed by atoms with Gasteiger partial charge >= 0.3 is 0 Å². The van der Waals surface area contributed by atoms with Gasteiger partial charge < -0.3 is 14.1 Å². The van der Waals surface area contributed by atoms with Crippen molar-refractivity contribution in [1.82, 2.24) is 14.8 Å². The normalized spacial score (nSPS) is 12.0. The molecular weight excluding hydrogens is 312 g/mol. The summed E-state index contributed by atoms with van der Waals surface area (Å²) in [5.74, 6) is 1.74. The number of thioether (sulfide) groups is 1. The third-order valence-electron chi connectivity index (χ3n) is 3.37. The summed E-state index contributed by atoms with van der Waals surface area (Å²) in [6, 6.07) is 12.6. The van der Waals surface area contributed by atoms with Gasteiger partial charge in [-0.3, -0.25) is 0 Å². The van der Waals surface area contributed by atoms with Crippen molar-refractivity contribution >= 4 is 11.8 Å². The van der Waals surface area contributed by atoms with Gasteiger partial charge in [-0.15, -0.1) is 10.2 Å². The lowest BCUT2D eigenvalue weighted by Gasteiger charge is -2.10. The maximum atomic E-state index is 10.2. The number of rotatable bonds is 5. The molecule has 1 atom stereocenters. The highest BCUT2D eigenvalue weighted by atomic mass is 32.2. The SMILES string of the molecule is Cn1c(SCC(O)c2ccc(C#N)cc2)nnc1-c1ccco1. The molecule has 0 spiro atoms. The maximum Gasteiger partial charge on any atom is 0.200 e. The summed E-state index contributed by atoms with van der Waals surface area (Å²) in [6.07, 6.45) is 0.947. The van der Waals surface area contributed by atoms with E-state index in [1.807, 2.05) is 17.7 Å². The average molecular weight is 326 g/mol. The van der Waals surface area contributed by atoms with Gasteiger partial charge in [0.2, 0.25) is 0 Å². The Morgan fingerprint density at radius 2 is 2.09 bits per heavy atom. The molecule has 0 aliphatic carbocycles. The van der Waals surface area contributed by atoms with Crippen LogP contribution in [-0.2, 0) is 7.05 Å². The molecule has 3 rings (SSSR count). The van der Waals surface area contributed by atoms with E-state index in [4.69, 9.17) is 9.68 Å². The monoisotopic (exact) mass is 326 g/mol. The van der Waals surface area contributed by atoms with E-state index in [2.05, 4.69) is 16.3 Å². The maximum absolute atomic E-state index is 10.2. The van der Waals surface area contributed by atoms with Gasteiger partial charge in [0.05, 0.1) is 24.0 Å². The molecule has 2 aromatic heterocycles. The van der Waals surface area contributed by atoms with Crippen molar-refractivity contribution in [3.8, 4) is 17.7 Å². The van der Waals surface area contributed by atoms with Crippen LogP contribution < -0.4 is 0 Å². The van der Waals surface area contributed by atoms with Crippen molar-refractivity contribution in [1.29, 1.82) is 5.26 Å². The highest BCUT2D eigenvalue weighted by Crippen LogP contribution is 2.26. The molecule has 0 saturated carbocycles. The first-order valence-corrected chi connectivity index (χ1v) is 7.92. The molecule has 0 aliphatic heterocycles. The van der Waals surface area contributed by atoms with Gasteiger partial charge in [0.15, 0.2) is 16.7 Å². The molecule has 0 radical (unpaired) electrons. The fourth-order valence-corrected chi connectivity index (χ4v) is 2.97. The third-order valence-corrected chi connectivity index (χ3v) is 4.47. The molecule has 0 aliphatic rings. The van der Waals surface area contributed by atoms with Gasteiger partial charge in [-0.2, -0.15) is 5.26 Å². The Morgan fingerprint density at radius 3 is 2.74 bits per heavy atom. The quantitative estimate of drug-likeness (QED) is 0.725. The zero-order valence-electron chi connectivity index (χ0n) is 12.4. The van der Waals surface area contributed by atoms with E-state index in [0.29, 0.717) is 28.1 Å². The van der Waals surface area contributed by atoms with Crippen LogP contribution >= 0.6 is 11.8 Å².